The van der Waals surface area contributed by atoms with Gasteiger partial charge in [0.2, 0.25) is 18.2 Å². The van der Waals surface area contributed by atoms with E-state index in [9.17, 15) is 14.4 Å². The lowest BCUT2D eigenvalue weighted by Gasteiger charge is -2.14. The van der Waals surface area contributed by atoms with E-state index in [4.69, 9.17) is 0 Å². The van der Waals surface area contributed by atoms with Crippen LogP contribution in [0.1, 0.15) is 5.56 Å². The number of carbonyl (C=O) groups excluding carboxylic acids is 3. The smallest absolute Gasteiger partial charge is 0.211 e. The van der Waals surface area contributed by atoms with Gasteiger partial charge in [-0.3, -0.25) is 0 Å². The molecule has 0 radical (unpaired) electrons. The van der Waals surface area contributed by atoms with E-state index < -0.39 is 5.79 Å². The van der Waals surface area contributed by atoms with Crippen molar-refractivity contribution in [3.05, 3.63) is 35.9 Å². The van der Waals surface area contributed by atoms with Crippen LogP contribution in [0.15, 0.2) is 45.3 Å². The van der Waals surface area contributed by atoms with E-state index in [1.54, 1.807) is 18.2 Å². The lowest BCUT2D eigenvalue weighted by Crippen LogP contribution is -2.17. The summed E-state index contributed by atoms with van der Waals surface area (Å²) in [5.74, 6) is -1.95. The molecular weight excluding hydrogens is 210 g/mol. The summed E-state index contributed by atoms with van der Waals surface area (Å²) in [4.78, 5) is 40.5. The molecule has 0 aliphatic heterocycles. The molecule has 1 aromatic rings. The molecule has 6 heteroatoms. The van der Waals surface area contributed by atoms with Crippen LogP contribution in [-0.4, -0.2) is 18.2 Å². The predicted molar refractivity (Wildman–Crippen MR) is 52.5 cm³/mol. The molecule has 0 amide bonds. The molecule has 0 saturated heterocycles. The van der Waals surface area contributed by atoms with Crippen LogP contribution >= 0.6 is 0 Å². The van der Waals surface area contributed by atoms with Gasteiger partial charge in [0.1, 0.15) is 0 Å². The quantitative estimate of drug-likeness (QED) is 0.549. The van der Waals surface area contributed by atoms with Gasteiger partial charge < -0.3 is 0 Å². The van der Waals surface area contributed by atoms with E-state index in [-0.39, 0.29) is 5.56 Å². The molecule has 0 saturated carbocycles. The van der Waals surface area contributed by atoms with Gasteiger partial charge in [0.25, 0.3) is 0 Å². The summed E-state index contributed by atoms with van der Waals surface area (Å²) in [5, 5.41) is 0. The minimum absolute atomic E-state index is 0.269. The van der Waals surface area contributed by atoms with Crippen molar-refractivity contribution < 1.29 is 14.4 Å². The fourth-order valence-corrected chi connectivity index (χ4v) is 1.12. The van der Waals surface area contributed by atoms with Crippen molar-refractivity contribution in [2.75, 3.05) is 0 Å². The maximum atomic E-state index is 10.3. The summed E-state index contributed by atoms with van der Waals surface area (Å²) >= 11 is 0. The topological polar surface area (TPSA) is 88.3 Å². The Morgan fingerprint density at radius 3 is 1.62 bits per heavy atom. The first-order chi connectivity index (χ1) is 7.79. The van der Waals surface area contributed by atoms with E-state index >= 15 is 0 Å². The van der Waals surface area contributed by atoms with Crippen LogP contribution in [0.4, 0.5) is 0 Å². The highest BCUT2D eigenvalue weighted by Gasteiger charge is 2.31. The first-order valence-corrected chi connectivity index (χ1v) is 4.11. The standard InChI is InChI=1S/C10H5N3O3/c14-6-11-10(12-7-15,13-8-16)9-4-2-1-3-5-9/h1-5H. The second-order valence-electron chi connectivity index (χ2n) is 2.61. The Bertz CT molecular complexity index is 462. The fourth-order valence-electron chi connectivity index (χ4n) is 1.12. The van der Waals surface area contributed by atoms with Gasteiger partial charge in [-0.2, -0.15) is 0 Å². The SMILES string of the molecule is O=C=NC(N=C=O)(N=C=O)c1ccccc1. The van der Waals surface area contributed by atoms with Crippen molar-refractivity contribution in [3.8, 4) is 0 Å². The molecule has 0 spiro atoms. The normalized spacial score (nSPS) is 12.2. The van der Waals surface area contributed by atoms with E-state index in [0.29, 0.717) is 0 Å². The molecule has 78 valence electrons. The van der Waals surface area contributed by atoms with Crippen LogP contribution in [0.5, 0.6) is 0 Å². The highest BCUT2D eigenvalue weighted by atomic mass is 16.1. The number of rotatable bonds is 4. The second-order valence-corrected chi connectivity index (χ2v) is 2.61. The first kappa shape index (κ1) is 11.4. The van der Waals surface area contributed by atoms with Gasteiger partial charge in [-0.1, -0.05) is 30.3 Å². The molecule has 0 bridgehead atoms. The van der Waals surface area contributed by atoms with Gasteiger partial charge in [0.15, 0.2) is 0 Å². The van der Waals surface area contributed by atoms with E-state index in [1.807, 2.05) is 0 Å². The second kappa shape index (κ2) is 5.29. The third-order valence-electron chi connectivity index (χ3n) is 1.77. The van der Waals surface area contributed by atoms with Crippen molar-refractivity contribution in [2.24, 2.45) is 15.0 Å². The zero-order valence-corrected chi connectivity index (χ0v) is 7.95. The number of benzene rings is 1. The molecule has 0 atom stereocenters. The van der Waals surface area contributed by atoms with Gasteiger partial charge in [-0.05, 0) is 0 Å². The number of hydrogen-bond acceptors (Lipinski definition) is 6. The van der Waals surface area contributed by atoms with Crippen LogP contribution in [0.2, 0.25) is 0 Å². The van der Waals surface area contributed by atoms with Crippen LogP contribution in [0.25, 0.3) is 0 Å². The predicted octanol–water partition coefficient (Wildman–Crippen LogP) is 0.804. The summed E-state index contributed by atoms with van der Waals surface area (Å²) in [6.45, 7) is 0. The van der Waals surface area contributed by atoms with Crippen molar-refractivity contribution in [2.45, 2.75) is 5.79 Å². The highest BCUT2D eigenvalue weighted by molar-refractivity contribution is 5.45. The Morgan fingerprint density at radius 1 is 0.812 bits per heavy atom. The molecule has 1 aromatic carbocycles. The average Bonchev–Trinajstić information content (AvgIpc) is 2.31. The summed E-state index contributed by atoms with van der Waals surface area (Å²) in [7, 11) is 0. The molecule has 6 nitrogen and oxygen atoms in total. The van der Waals surface area contributed by atoms with Crippen molar-refractivity contribution in [1.29, 1.82) is 0 Å². The van der Waals surface area contributed by atoms with Crippen molar-refractivity contribution in [1.82, 2.24) is 0 Å². The van der Waals surface area contributed by atoms with E-state index in [1.165, 1.54) is 30.4 Å². The number of hydrogen-bond donors (Lipinski definition) is 0. The van der Waals surface area contributed by atoms with Crippen molar-refractivity contribution in [3.63, 3.8) is 0 Å². The third-order valence-corrected chi connectivity index (χ3v) is 1.77. The third kappa shape index (κ3) is 2.23. The average molecular weight is 215 g/mol. The molecule has 0 heterocycles. The summed E-state index contributed by atoms with van der Waals surface area (Å²) < 4.78 is 0. The van der Waals surface area contributed by atoms with Crippen LogP contribution in [0, 0.1) is 0 Å². The van der Waals surface area contributed by atoms with E-state index in [0.717, 1.165) is 0 Å². The highest BCUT2D eigenvalue weighted by Crippen LogP contribution is 2.27. The molecule has 0 unspecified atom stereocenters. The van der Waals surface area contributed by atoms with E-state index in [2.05, 4.69) is 15.0 Å². The monoisotopic (exact) mass is 215 g/mol. The zero-order chi connectivity index (χ0) is 11.9. The summed E-state index contributed by atoms with van der Waals surface area (Å²) in [6.07, 6.45) is 3.62. The lowest BCUT2D eigenvalue weighted by molar-refractivity contribution is 0.466. The number of isocyanates is 3. The number of aliphatic imine (C=N–C) groups is 3. The van der Waals surface area contributed by atoms with Gasteiger partial charge in [0, 0.05) is 5.56 Å². The van der Waals surface area contributed by atoms with Gasteiger partial charge in [-0.25, -0.2) is 14.4 Å². The zero-order valence-electron chi connectivity index (χ0n) is 7.95. The summed E-state index contributed by atoms with van der Waals surface area (Å²) in [5.41, 5.74) is 0.269. The largest absolute Gasteiger partial charge is 0.303 e. The molecule has 0 aliphatic rings. The van der Waals surface area contributed by atoms with Crippen molar-refractivity contribution >= 4 is 18.2 Å². The van der Waals surface area contributed by atoms with Gasteiger partial charge in [0.05, 0.1) is 0 Å². The Balaban J connectivity index is 3.49. The van der Waals surface area contributed by atoms with Gasteiger partial charge in [-0.15, -0.1) is 15.0 Å². The summed E-state index contributed by atoms with van der Waals surface area (Å²) in [6, 6.07) is 7.94. The fraction of sp³-hybridized carbons (Fsp3) is 0.100. The van der Waals surface area contributed by atoms with Crippen LogP contribution < -0.4 is 0 Å². The molecule has 1 rings (SSSR count). The Kier molecular flexibility index (Phi) is 3.78. The Labute approximate surface area is 90.1 Å². The molecule has 0 aromatic heterocycles. The molecule has 0 N–H and O–H groups in total. The molecule has 0 aliphatic carbocycles. The minimum Gasteiger partial charge on any atom is -0.211 e. The molecule has 0 fully saturated rings. The Morgan fingerprint density at radius 2 is 1.25 bits per heavy atom. The minimum atomic E-state index is -1.95. The maximum Gasteiger partial charge on any atom is 0.303 e. The van der Waals surface area contributed by atoms with Gasteiger partial charge >= 0.3 is 5.79 Å². The number of nitrogens with zero attached hydrogens (tertiary/aromatic N) is 3. The maximum absolute atomic E-state index is 10.3. The Hall–Kier alpha value is -2.64. The van der Waals surface area contributed by atoms with Crippen LogP contribution in [-0.2, 0) is 20.2 Å². The molecular formula is C10H5N3O3. The lowest BCUT2D eigenvalue weighted by atomic mass is 10.1. The molecule has 16 heavy (non-hydrogen) atoms. The van der Waals surface area contributed by atoms with Crippen LogP contribution in [0.3, 0.4) is 0 Å². The first-order valence-electron chi connectivity index (χ1n) is 4.11.